The number of rotatable bonds is 6. The second-order valence-corrected chi connectivity index (χ2v) is 9.19. The second kappa shape index (κ2) is 9.30. The third-order valence-electron chi connectivity index (χ3n) is 6.50. The summed E-state index contributed by atoms with van der Waals surface area (Å²) < 4.78 is 9.53. The van der Waals surface area contributed by atoms with Crippen molar-refractivity contribution in [3.63, 3.8) is 0 Å². The van der Waals surface area contributed by atoms with E-state index >= 15 is 0 Å². The van der Waals surface area contributed by atoms with Gasteiger partial charge < -0.3 is 14.6 Å². The summed E-state index contributed by atoms with van der Waals surface area (Å²) in [5.74, 6) is 0.519. The van der Waals surface area contributed by atoms with Crippen molar-refractivity contribution < 1.29 is 4.74 Å². The lowest BCUT2D eigenvalue weighted by Gasteiger charge is -2.26. The van der Waals surface area contributed by atoms with Gasteiger partial charge in [-0.15, -0.1) is 0 Å². The van der Waals surface area contributed by atoms with E-state index in [1.807, 2.05) is 48.3 Å². The number of nitrogens with zero attached hydrogens (tertiary/aromatic N) is 6. The lowest BCUT2D eigenvalue weighted by molar-refractivity contribution is 0.0361. The first-order chi connectivity index (χ1) is 17.2. The van der Waals surface area contributed by atoms with Crippen molar-refractivity contribution in [3.05, 3.63) is 66.1 Å². The maximum absolute atomic E-state index is 6.71. The summed E-state index contributed by atoms with van der Waals surface area (Å²) >= 11 is 6.71. The minimum atomic E-state index is 0.519. The van der Waals surface area contributed by atoms with E-state index in [2.05, 4.69) is 43.2 Å². The van der Waals surface area contributed by atoms with Crippen LogP contribution in [0.4, 0.5) is 11.6 Å². The summed E-state index contributed by atoms with van der Waals surface area (Å²) in [5.41, 5.74) is 4.87. The number of ether oxygens (including phenoxy) is 1. The molecule has 9 heteroatoms. The van der Waals surface area contributed by atoms with Gasteiger partial charge in [-0.05, 0) is 24.3 Å². The molecule has 0 aliphatic carbocycles. The average molecular weight is 488 g/mol. The smallest absolute Gasteiger partial charge is 0.227 e. The number of anilines is 2. The Morgan fingerprint density at radius 1 is 1.09 bits per heavy atom. The van der Waals surface area contributed by atoms with Crippen LogP contribution in [-0.4, -0.2) is 62.1 Å². The van der Waals surface area contributed by atoms with Crippen molar-refractivity contribution in [3.8, 4) is 11.3 Å². The highest BCUT2D eigenvalue weighted by Crippen LogP contribution is 2.31. The Morgan fingerprint density at radius 2 is 1.94 bits per heavy atom. The van der Waals surface area contributed by atoms with Crippen LogP contribution in [0.15, 0.2) is 61.1 Å². The summed E-state index contributed by atoms with van der Waals surface area (Å²) in [7, 11) is 2.05. The Morgan fingerprint density at radius 3 is 2.83 bits per heavy atom. The Hall–Kier alpha value is -3.46. The monoisotopic (exact) mass is 487 g/mol. The molecule has 0 saturated carbocycles. The molecule has 0 spiro atoms. The van der Waals surface area contributed by atoms with Crippen molar-refractivity contribution in [1.82, 2.24) is 29.2 Å². The molecule has 1 saturated heterocycles. The number of fused-ring (bicyclic) bond motifs is 2. The molecule has 1 aliphatic heterocycles. The molecule has 8 nitrogen and oxygen atoms in total. The van der Waals surface area contributed by atoms with Gasteiger partial charge in [0.1, 0.15) is 0 Å². The highest BCUT2D eigenvalue weighted by Gasteiger charge is 2.14. The maximum Gasteiger partial charge on any atom is 0.227 e. The largest absolute Gasteiger partial charge is 0.379 e. The molecule has 35 heavy (non-hydrogen) atoms. The van der Waals surface area contributed by atoms with Crippen LogP contribution in [0.25, 0.3) is 33.1 Å². The molecule has 1 N–H and O–H groups in total. The fourth-order valence-corrected chi connectivity index (χ4v) is 5.05. The first kappa shape index (κ1) is 22.0. The highest BCUT2D eigenvalue weighted by molar-refractivity contribution is 6.35. The van der Waals surface area contributed by atoms with Gasteiger partial charge in [-0.2, -0.15) is 5.10 Å². The summed E-state index contributed by atoms with van der Waals surface area (Å²) in [4.78, 5) is 11.6. The number of halogens is 1. The molecule has 0 bridgehead atoms. The topological polar surface area (TPSA) is 73.0 Å². The maximum atomic E-state index is 6.71. The lowest BCUT2D eigenvalue weighted by atomic mass is 10.1. The van der Waals surface area contributed by atoms with Gasteiger partial charge in [0, 0.05) is 66.6 Å². The minimum Gasteiger partial charge on any atom is -0.379 e. The number of aromatic nitrogens is 5. The zero-order valence-corrected chi connectivity index (χ0v) is 20.2. The molecule has 3 aromatic heterocycles. The average Bonchev–Trinajstić information content (AvgIpc) is 3.45. The van der Waals surface area contributed by atoms with Gasteiger partial charge in [-0.1, -0.05) is 29.8 Å². The summed E-state index contributed by atoms with van der Waals surface area (Å²) in [5, 5.41) is 10.7. The van der Waals surface area contributed by atoms with Crippen molar-refractivity contribution in [2.75, 3.05) is 38.2 Å². The normalized spacial score (nSPS) is 14.7. The van der Waals surface area contributed by atoms with E-state index in [1.165, 1.54) is 5.52 Å². The van der Waals surface area contributed by atoms with Crippen LogP contribution in [0, 0.1) is 0 Å². The van der Waals surface area contributed by atoms with E-state index in [0.717, 1.165) is 72.6 Å². The molecule has 1 aliphatic rings. The third kappa shape index (κ3) is 4.36. The van der Waals surface area contributed by atoms with E-state index < -0.39 is 0 Å². The van der Waals surface area contributed by atoms with Gasteiger partial charge in [-0.3, -0.25) is 9.58 Å². The lowest BCUT2D eigenvalue weighted by Crippen LogP contribution is -2.38. The molecule has 5 aromatic rings. The van der Waals surface area contributed by atoms with Crippen molar-refractivity contribution in [1.29, 1.82) is 0 Å². The first-order valence-corrected chi connectivity index (χ1v) is 12.1. The van der Waals surface area contributed by atoms with Crippen molar-refractivity contribution >= 4 is 45.0 Å². The van der Waals surface area contributed by atoms with E-state index in [1.54, 1.807) is 6.20 Å². The Kier molecular flexibility index (Phi) is 5.85. The van der Waals surface area contributed by atoms with Crippen LogP contribution in [-0.2, 0) is 18.3 Å². The SMILES string of the molecule is Cn1cc(-c2ccnc(Nc3cc(Cl)c4c(cnn4CCN4CCOCC4)c3)n2)c2ccccc21. The number of benzene rings is 2. The number of hydrogen-bond donors (Lipinski definition) is 1. The number of hydrogen-bond acceptors (Lipinski definition) is 6. The molecule has 2 aromatic carbocycles. The molecule has 6 rings (SSSR count). The van der Waals surface area contributed by atoms with E-state index in [9.17, 15) is 0 Å². The Bertz CT molecular complexity index is 1500. The minimum absolute atomic E-state index is 0.519. The van der Waals surface area contributed by atoms with Crippen LogP contribution in [0.5, 0.6) is 0 Å². The van der Waals surface area contributed by atoms with Gasteiger partial charge in [0.15, 0.2) is 0 Å². The van der Waals surface area contributed by atoms with Crippen LogP contribution in [0.1, 0.15) is 0 Å². The van der Waals surface area contributed by atoms with Crippen LogP contribution in [0.2, 0.25) is 5.02 Å². The zero-order valence-electron chi connectivity index (χ0n) is 19.5. The molecule has 0 atom stereocenters. The standard InChI is InChI=1S/C26H26ClN7O/c1-32-17-21(20-4-2-3-5-24(20)32)23-6-7-28-26(31-23)30-19-14-18-16-29-34(25(18)22(27)15-19)9-8-33-10-12-35-13-11-33/h2-7,14-17H,8-13H2,1H3,(H,28,30,31). The number of para-hydroxylation sites is 1. The van der Waals surface area contributed by atoms with Crippen LogP contribution >= 0.6 is 11.6 Å². The van der Waals surface area contributed by atoms with E-state index in [4.69, 9.17) is 21.3 Å². The Labute approximate surface area is 208 Å². The molecular formula is C26H26ClN7O. The van der Waals surface area contributed by atoms with Crippen molar-refractivity contribution in [2.45, 2.75) is 6.54 Å². The molecule has 0 amide bonds. The molecule has 178 valence electrons. The summed E-state index contributed by atoms with van der Waals surface area (Å²) in [6.07, 6.45) is 5.74. The fourth-order valence-electron chi connectivity index (χ4n) is 4.73. The highest BCUT2D eigenvalue weighted by atomic mass is 35.5. The summed E-state index contributed by atoms with van der Waals surface area (Å²) in [6.45, 7) is 5.20. The molecule has 4 heterocycles. The quantitative estimate of drug-likeness (QED) is 0.374. The number of aryl methyl sites for hydroxylation is 1. The predicted molar refractivity (Wildman–Crippen MR) is 139 cm³/mol. The van der Waals surface area contributed by atoms with E-state index in [0.29, 0.717) is 11.0 Å². The predicted octanol–water partition coefficient (Wildman–Crippen LogP) is 4.71. The number of morpholine rings is 1. The first-order valence-electron chi connectivity index (χ1n) is 11.8. The molecule has 1 fully saturated rings. The van der Waals surface area contributed by atoms with Crippen LogP contribution < -0.4 is 5.32 Å². The molecule has 0 radical (unpaired) electrons. The summed E-state index contributed by atoms with van der Waals surface area (Å²) in [6, 6.07) is 14.2. The van der Waals surface area contributed by atoms with Crippen LogP contribution in [0.3, 0.4) is 0 Å². The van der Waals surface area contributed by atoms with Gasteiger partial charge >= 0.3 is 0 Å². The molecular weight excluding hydrogens is 462 g/mol. The molecule has 0 unspecified atom stereocenters. The third-order valence-corrected chi connectivity index (χ3v) is 6.79. The number of nitrogens with one attached hydrogen (secondary N) is 1. The Balaban J connectivity index is 1.24. The van der Waals surface area contributed by atoms with Gasteiger partial charge in [0.05, 0.1) is 42.2 Å². The van der Waals surface area contributed by atoms with E-state index in [-0.39, 0.29) is 0 Å². The van der Waals surface area contributed by atoms with Gasteiger partial charge in [0.2, 0.25) is 5.95 Å². The van der Waals surface area contributed by atoms with Gasteiger partial charge in [0.25, 0.3) is 0 Å². The van der Waals surface area contributed by atoms with Gasteiger partial charge in [-0.25, -0.2) is 9.97 Å². The fraction of sp³-hybridized carbons (Fsp3) is 0.269. The second-order valence-electron chi connectivity index (χ2n) is 8.78. The van der Waals surface area contributed by atoms with Crippen molar-refractivity contribution in [2.24, 2.45) is 7.05 Å². The zero-order chi connectivity index (χ0) is 23.8.